The third-order valence-corrected chi connectivity index (χ3v) is 5.95. The summed E-state index contributed by atoms with van der Waals surface area (Å²) < 4.78 is 28.7. The average Bonchev–Trinajstić information content (AvgIpc) is 2.71. The van der Waals surface area contributed by atoms with Crippen LogP contribution in [0, 0.1) is 11.8 Å². The van der Waals surface area contributed by atoms with Gasteiger partial charge in [-0.15, -0.1) is 0 Å². The number of ether oxygens (including phenoxy) is 1. The maximum absolute atomic E-state index is 12.5. The molecule has 0 unspecified atom stereocenters. The molecule has 1 amide bonds. The topological polar surface area (TPSA) is 80.8 Å². The minimum Gasteiger partial charge on any atom is -0.495 e. The fraction of sp³-hybridized carbons (Fsp3) is 0.308. The van der Waals surface area contributed by atoms with Gasteiger partial charge in [0.1, 0.15) is 5.75 Å². The highest BCUT2D eigenvalue weighted by atomic mass is 32.2. The van der Waals surface area contributed by atoms with Crippen molar-refractivity contribution in [3.63, 3.8) is 0 Å². The van der Waals surface area contributed by atoms with Crippen LogP contribution in [-0.2, 0) is 30.6 Å². The van der Waals surface area contributed by atoms with Gasteiger partial charge in [-0.3, -0.25) is 14.5 Å². The molecule has 0 aromatic heterocycles. The molecule has 33 heavy (non-hydrogen) atoms. The van der Waals surface area contributed by atoms with Crippen LogP contribution >= 0.6 is 0 Å². The van der Waals surface area contributed by atoms with Crippen molar-refractivity contribution in [2.24, 2.45) is 0 Å². The Morgan fingerprint density at radius 2 is 1.73 bits per heavy atom. The Balaban J connectivity index is 2.07. The number of ketones is 1. The van der Waals surface area contributed by atoms with Crippen molar-refractivity contribution in [1.82, 2.24) is 0 Å². The van der Waals surface area contributed by atoms with Crippen LogP contribution in [0.1, 0.15) is 49.4 Å². The number of hydrogen-bond donors (Lipinski definition) is 0. The van der Waals surface area contributed by atoms with E-state index in [-0.39, 0.29) is 29.3 Å². The van der Waals surface area contributed by atoms with Gasteiger partial charge in [0.2, 0.25) is 5.91 Å². The van der Waals surface area contributed by atoms with E-state index in [4.69, 9.17) is 4.74 Å². The second-order valence-electron chi connectivity index (χ2n) is 9.06. The first-order chi connectivity index (χ1) is 15.4. The van der Waals surface area contributed by atoms with Gasteiger partial charge in [-0.25, -0.2) is 8.42 Å². The summed E-state index contributed by atoms with van der Waals surface area (Å²) in [6.07, 6.45) is 3.91. The number of benzene rings is 2. The summed E-state index contributed by atoms with van der Waals surface area (Å²) in [5.74, 6) is 6.32. The van der Waals surface area contributed by atoms with Crippen LogP contribution in [0.4, 0.5) is 5.69 Å². The van der Waals surface area contributed by atoms with Gasteiger partial charge in [0.05, 0.1) is 30.5 Å². The normalized spacial score (nSPS) is 14.2. The molecule has 7 heteroatoms. The highest BCUT2D eigenvalue weighted by Gasteiger charge is 2.26. The van der Waals surface area contributed by atoms with Crippen molar-refractivity contribution in [2.75, 3.05) is 18.3 Å². The quantitative estimate of drug-likeness (QED) is 0.507. The number of rotatable bonds is 4. The third-order valence-electron chi connectivity index (χ3n) is 5.09. The summed E-state index contributed by atoms with van der Waals surface area (Å²) in [5.41, 5.74) is 3.23. The zero-order chi connectivity index (χ0) is 24.4. The largest absolute Gasteiger partial charge is 0.495 e. The fourth-order valence-corrected chi connectivity index (χ4v) is 4.31. The molecule has 0 atom stereocenters. The Hall–Kier alpha value is -3.37. The predicted molar refractivity (Wildman–Crippen MR) is 129 cm³/mol. The smallest absolute Gasteiger partial charge is 0.238 e. The van der Waals surface area contributed by atoms with E-state index in [1.807, 2.05) is 26.8 Å². The summed E-state index contributed by atoms with van der Waals surface area (Å²) in [6, 6.07) is 10.7. The number of nitrogens with zero attached hydrogens (tertiary/aromatic N) is 1. The lowest BCUT2D eigenvalue weighted by Gasteiger charge is -2.27. The lowest BCUT2D eigenvalue weighted by Crippen LogP contribution is -2.31. The Bertz CT molecular complexity index is 1290. The van der Waals surface area contributed by atoms with Gasteiger partial charge < -0.3 is 4.74 Å². The van der Waals surface area contributed by atoms with Crippen LogP contribution in [0.15, 0.2) is 48.7 Å². The number of sulfone groups is 1. The van der Waals surface area contributed by atoms with Crippen molar-refractivity contribution >= 4 is 27.2 Å². The van der Waals surface area contributed by atoms with E-state index in [0.717, 1.165) is 11.1 Å². The number of allylic oxidation sites excluding steroid dienone is 1. The highest BCUT2D eigenvalue weighted by Crippen LogP contribution is 2.38. The molecule has 0 bridgehead atoms. The molecule has 0 fully saturated rings. The van der Waals surface area contributed by atoms with Gasteiger partial charge in [0.15, 0.2) is 15.6 Å². The molecule has 2 aromatic carbocycles. The van der Waals surface area contributed by atoms with Crippen molar-refractivity contribution < 1.29 is 22.7 Å². The van der Waals surface area contributed by atoms with E-state index in [1.165, 1.54) is 23.4 Å². The van der Waals surface area contributed by atoms with Gasteiger partial charge >= 0.3 is 0 Å². The number of hydrogen-bond acceptors (Lipinski definition) is 5. The van der Waals surface area contributed by atoms with Gasteiger partial charge in [-0.1, -0.05) is 44.7 Å². The predicted octanol–water partition coefficient (Wildman–Crippen LogP) is 3.76. The first kappa shape index (κ1) is 24.3. The molecular weight excluding hydrogens is 438 g/mol. The maximum Gasteiger partial charge on any atom is 0.238 e. The number of anilines is 1. The molecule has 0 radical (unpaired) electrons. The van der Waals surface area contributed by atoms with Gasteiger partial charge in [-0.05, 0) is 41.3 Å². The maximum atomic E-state index is 12.5. The molecule has 6 nitrogen and oxygen atoms in total. The second-order valence-corrected chi connectivity index (χ2v) is 11.2. The molecule has 0 saturated carbocycles. The van der Waals surface area contributed by atoms with Crippen LogP contribution in [0.5, 0.6) is 5.75 Å². The molecule has 2 aromatic rings. The van der Waals surface area contributed by atoms with E-state index in [2.05, 4.69) is 11.8 Å². The van der Waals surface area contributed by atoms with Crippen molar-refractivity contribution in [3.05, 3.63) is 70.9 Å². The van der Waals surface area contributed by atoms with E-state index in [0.29, 0.717) is 22.6 Å². The zero-order valence-electron chi connectivity index (χ0n) is 19.4. The molecule has 0 saturated heterocycles. The van der Waals surface area contributed by atoms with Crippen molar-refractivity contribution in [1.29, 1.82) is 0 Å². The molecule has 1 aliphatic heterocycles. The molecule has 3 rings (SSSR count). The Morgan fingerprint density at radius 1 is 1.06 bits per heavy atom. The summed E-state index contributed by atoms with van der Waals surface area (Å²) in [7, 11) is -1.52. The molecule has 1 aliphatic rings. The van der Waals surface area contributed by atoms with Gasteiger partial charge in [-0.2, -0.15) is 0 Å². The number of carbonyl (C=O) groups is 2. The van der Waals surface area contributed by atoms with Crippen molar-refractivity contribution in [2.45, 2.75) is 38.4 Å². The summed E-state index contributed by atoms with van der Waals surface area (Å²) in [4.78, 5) is 25.5. The Morgan fingerprint density at radius 3 is 2.27 bits per heavy atom. The fourth-order valence-electron chi connectivity index (χ4n) is 3.51. The molecule has 1 heterocycles. The average molecular weight is 466 g/mol. The number of methoxy groups -OCH3 is 1. The SMILES string of the molecule is COc1c(C#Cc2ccc(CS(C)(=O)=O)cc2)cc(N2C=CC(=O)CC2=O)cc1C(C)(C)C. The highest BCUT2D eigenvalue weighted by molar-refractivity contribution is 7.89. The minimum atomic E-state index is -3.11. The van der Waals surface area contributed by atoms with E-state index in [9.17, 15) is 18.0 Å². The van der Waals surface area contributed by atoms with Crippen molar-refractivity contribution in [3.8, 4) is 17.6 Å². The first-order valence-electron chi connectivity index (χ1n) is 10.4. The van der Waals surface area contributed by atoms with Crippen LogP contribution in [0.25, 0.3) is 0 Å². The monoisotopic (exact) mass is 465 g/mol. The van der Waals surface area contributed by atoms with E-state index < -0.39 is 9.84 Å². The van der Waals surface area contributed by atoms with Crippen LogP contribution in [0.2, 0.25) is 0 Å². The molecule has 0 N–H and O–H groups in total. The number of carbonyl (C=O) groups excluding carboxylic acids is 2. The summed E-state index contributed by atoms with van der Waals surface area (Å²) in [5, 5.41) is 0. The molecular formula is C26H27NO5S. The standard InChI is InChI=1S/C26H27NO5S/c1-26(2,3)23-15-21(27-13-12-22(28)16-24(27)29)14-20(25(23)32-4)11-10-18-6-8-19(9-7-18)17-33(5,30)31/h6-9,12-15H,16-17H2,1-5H3. The Kier molecular flexibility index (Phi) is 6.80. The van der Waals surface area contributed by atoms with Crippen LogP contribution in [0.3, 0.4) is 0 Å². The molecule has 0 aliphatic carbocycles. The third kappa shape index (κ3) is 6.11. The first-order valence-corrected chi connectivity index (χ1v) is 12.5. The van der Waals surface area contributed by atoms with E-state index in [1.54, 1.807) is 37.4 Å². The van der Waals surface area contributed by atoms with Crippen LogP contribution < -0.4 is 9.64 Å². The second kappa shape index (κ2) is 9.24. The zero-order valence-corrected chi connectivity index (χ0v) is 20.2. The number of amides is 1. The van der Waals surface area contributed by atoms with Crippen LogP contribution in [-0.4, -0.2) is 33.5 Å². The summed E-state index contributed by atoms with van der Waals surface area (Å²) >= 11 is 0. The minimum absolute atomic E-state index is 0.0224. The van der Waals surface area contributed by atoms with Gasteiger partial charge in [0.25, 0.3) is 0 Å². The van der Waals surface area contributed by atoms with E-state index >= 15 is 0 Å². The lowest BCUT2D eigenvalue weighted by atomic mass is 9.84. The Labute approximate surface area is 195 Å². The molecule has 0 spiro atoms. The summed E-state index contributed by atoms with van der Waals surface area (Å²) in [6.45, 7) is 6.14. The molecule has 172 valence electrons. The lowest BCUT2D eigenvalue weighted by molar-refractivity contribution is -0.124. The van der Waals surface area contributed by atoms with Gasteiger partial charge in [0, 0.05) is 23.6 Å².